The Bertz CT molecular complexity index is 1040. The van der Waals surface area contributed by atoms with Crippen LogP contribution in [0.1, 0.15) is 27.9 Å². The van der Waals surface area contributed by atoms with Crippen molar-refractivity contribution < 1.29 is 22.6 Å². The van der Waals surface area contributed by atoms with Gasteiger partial charge >= 0.3 is 6.36 Å². The monoisotopic (exact) mass is 417 g/mol. The summed E-state index contributed by atoms with van der Waals surface area (Å²) in [6, 6.07) is 11.7. The highest BCUT2D eigenvalue weighted by molar-refractivity contribution is 5.70. The van der Waals surface area contributed by atoms with Crippen molar-refractivity contribution in [2.45, 2.75) is 33.2 Å². The molecule has 0 aliphatic heterocycles. The minimum Gasteiger partial charge on any atom is -0.487 e. The fourth-order valence-corrected chi connectivity index (χ4v) is 2.96. The number of halogens is 3. The molecule has 2 aromatic carbocycles. The van der Waals surface area contributed by atoms with Gasteiger partial charge in [-0.25, -0.2) is 0 Å². The Hall–Kier alpha value is -3.42. The van der Waals surface area contributed by atoms with Gasteiger partial charge in [0, 0.05) is 12.3 Å². The third kappa shape index (κ3) is 5.56. The summed E-state index contributed by atoms with van der Waals surface area (Å²) in [4.78, 5) is 4.29. The Labute approximate surface area is 172 Å². The van der Waals surface area contributed by atoms with Crippen molar-refractivity contribution in [3.63, 3.8) is 0 Å². The maximum atomic E-state index is 12.5. The number of nitrogens with two attached hydrogens (primary N) is 2. The number of hydrogen-bond acceptors (Lipinski definition) is 5. The van der Waals surface area contributed by atoms with Gasteiger partial charge in [0.15, 0.2) is 0 Å². The summed E-state index contributed by atoms with van der Waals surface area (Å²) in [5.41, 5.74) is 16.6. The average molecular weight is 417 g/mol. The highest BCUT2D eigenvalue weighted by Gasteiger charge is 2.31. The van der Waals surface area contributed by atoms with Crippen LogP contribution in [0.25, 0.3) is 0 Å². The van der Waals surface area contributed by atoms with Crippen LogP contribution < -0.4 is 20.9 Å². The minimum atomic E-state index is -4.73. The number of ether oxygens (including phenoxy) is 2. The predicted molar refractivity (Wildman–Crippen MR) is 109 cm³/mol. The lowest BCUT2D eigenvalue weighted by atomic mass is 10.0. The third-order valence-electron chi connectivity index (χ3n) is 4.49. The van der Waals surface area contributed by atoms with Crippen molar-refractivity contribution in [1.29, 1.82) is 0 Å². The van der Waals surface area contributed by atoms with Crippen LogP contribution in [0.4, 0.5) is 24.5 Å². The van der Waals surface area contributed by atoms with E-state index < -0.39 is 6.36 Å². The number of nitrogen functional groups attached to an aromatic ring is 2. The summed E-state index contributed by atoms with van der Waals surface area (Å²) in [5, 5.41) is 0. The van der Waals surface area contributed by atoms with E-state index in [0.29, 0.717) is 34.7 Å². The Morgan fingerprint density at radius 2 is 1.77 bits per heavy atom. The van der Waals surface area contributed by atoms with Gasteiger partial charge in [-0.15, -0.1) is 13.2 Å². The lowest BCUT2D eigenvalue weighted by molar-refractivity contribution is -0.274. The summed E-state index contributed by atoms with van der Waals surface area (Å²) >= 11 is 0. The zero-order chi connectivity index (χ0) is 21.9. The van der Waals surface area contributed by atoms with E-state index in [-0.39, 0.29) is 12.4 Å². The fourth-order valence-electron chi connectivity index (χ4n) is 2.96. The first-order chi connectivity index (χ1) is 14.1. The lowest BCUT2D eigenvalue weighted by Gasteiger charge is -2.15. The highest BCUT2D eigenvalue weighted by atomic mass is 19.4. The molecule has 0 spiro atoms. The molecule has 8 heteroatoms. The van der Waals surface area contributed by atoms with Gasteiger partial charge in [-0.3, -0.25) is 4.98 Å². The Morgan fingerprint density at radius 3 is 2.40 bits per heavy atom. The standard InChI is InChI=1S/C22H22F3N3O2/c1-13-3-5-17(28-11-13)12-29-18-9-16(21(27)19(26)10-18)8-15-4-6-20(14(2)7-15)30-22(23,24)25/h3-7,9-11H,8,12,26-27H2,1-2H3. The van der Waals surface area contributed by atoms with Crippen LogP contribution in [0, 0.1) is 13.8 Å². The molecule has 4 N–H and O–H groups in total. The number of rotatable bonds is 6. The van der Waals surface area contributed by atoms with Crippen molar-refractivity contribution in [1.82, 2.24) is 4.98 Å². The van der Waals surface area contributed by atoms with Crippen LogP contribution in [-0.4, -0.2) is 11.3 Å². The molecule has 30 heavy (non-hydrogen) atoms. The molecule has 3 aromatic rings. The molecule has 0 aliphatic rings. The topological polar surface area (TPSA) is 83.4 Å². The number of aryl methyl sites for hydroxylation is 2. The molecular formula is C22H22F3N3O2. The van der Waals surface area contributed by atoms with Crippen molar-refractivity contribution in [2.75, 3.05) is 11.5 Å². The van der Waals surface area contributed by atoms with Gasteiger partial charge in [-0.2, -0.15) is 0 Å². The van der Waals surface area contributed by atoms with Gasteiger partial charge in [0.2, 0.25) is 0 Å². The van der Waals surface area contributed by atoms with Crippen molar-refractivity contribution >= 4 is 11.4 Å². The second-order valence-electron chi connectivity index (χ2n) is 7.03. The second-order valence-corrected chi connectivity index (χ2v) is 7.03. The van der Waals surface area contributed by atoms with Crippen molar-refractivity contribution in [2.24, 2.45) is 0 Å². The van der Waals surface area contributed by atoms with Gasteiger partial charge in [0.1, 0.15) is 18.1 Å². The number of hydrogen-bond donors (Lipinski definition) is 2. The quantitative estimate of drug-likeness (QED) is 0.556. The molecule has 0 unspecified atom stereocenters. The largest absolute Gasteiger partial charge is 0.573 e. The van der Waals surface area contributed by atoms with Gasteiger partial charge in [0.05, 0.1) is 17.1 Å². The Balaban J connectivity index is 1.77. The first kappa shape index (κ1) is 21.3. The summed E-state index contributed by atoms with van der Waals surface area (Å²) in [6.45, 7) is 3.77. The third-order valence-corrected chi connectivity index (χ3v) is 4.49. The molecule has 1 aromatic heterocycles. The van der Waals surface area contributed by atoms with Gasteiger partial charge < -0.3 is 20.9 Å². The zero-order valence-corrected chi connectivity index (χ0v) is 16.6. The van der Waals surface area contributed by atoms with Crippen molar-refractivity contribution in [3.8, 4) is 11.5 Å². The van der Waals surface area contributed by atoms with E-state index in [1.807, 2.05) is 19.1 Å². The van der Waals surface area contributed by atoms with Gasteiger partial charge in [-0.1, -0.05) is 18.2 Å². The average Bonchev–Trinajstić information content (AvgIpc) is 2.66. The number of benzene rings is 2. The molecule has 0 amide bonds. The molecule has 0 fully saturated rings. The number of nitrogens with zero attached hydrogens (tertiary/aromatic N) is 1. The van der Waals surface area contributed by atoms with E-state index in [2.05, 4.69) is 9.72 Å². The molecule has 0 saturated heterocycles. The second kappa shape index (κ2) is 8.52. The molecule has 1 heterocycles. The van der Waals surface area contributed by atoms with Crippen LogP contribution in [-0.2, 0) is 13.0 Å². The summed E-state index contributed by atoms with van der Waals surface area (Å²) in [5.74, 6) is 0.300. The van der Waals surface area contributed by atoms with Crippen LogP contribution in [0.5, 0.6) is 11.5 Å². The van der Waals surface area contributed by atoms with E-state index in [4.69, 9.17) is 16.2 Å². The maximum absolute atomic E-state index is 12.5. The van der Waals surface area contributed by atoms with E-state index in [1.54, 1.807) is 37.4 Å². The summed E-state index contributed by atoms with van der Waals surface area (Å²) in [6.07, 6.45) is -2.59. The van der Waals surface area contributed by atoms with Crippen LogP contribution >= 0.6 is 0 Å². The zero-order valence-electron chi connectivity index (χ0n) is 16.6. The van der Waals surface area contributed by atoms with Gasteiger partial charge in [0.25, 0.3) is 0 Å². The molecule has 0 radical (unpaired) electrons. The molecule has 0 aliphatic carbocycles. The molecule has 5 nitrogen and oxygen atoms in total. The van der Waals surface area contributed by atoms with Crippen molar-refractivity contribution in [3.05, 3.63) is 76.6 Å². The Morgan fingerprint density at radius 1 is 1.00 bits per heavy atom. The Kier molecular flexibility index (Phi) is 6.05. The maximum Gasteiger partial charge on any atom is 0.573 e. The first-order valence-electron chi connectivity index (χ1n) is 9.18. The van der Waals surface area contributed by atoms with E-state index in [0.717, 1.165) is 16.8 Å². The number of pyridine rings is 1. The van der Waals surface area contributed by atoms with Crippen LogP contribution in [0.15, 0.2) is 48.7 Å². The van der Waals surface area contributed by atoms with Crippen LogP contribution in [0.3, 0.4) is 0 Å². The van der Waals surface area contributed by atoms with Gasteiger partial charge in [-0.05, 0) is 60.7 Å². The van der Waals surface area contributed by atoms with E-state index in [1.165, 1.54) is 6.07 Å². The lowest BCUT2D eigenvalue weighted by Crippen LogP contribution is -2.17. The predicted octanol–water partition coefficient (Wildman–Crippen LogP) is 4.93. The van der Waals surface area contributed by atoms with E-state index >= 15 is 0 Å². The molecule has 0 saturated carbocycles. The number of aromatic nitrogens is 1. The molecule has 0 atom stereocenters. The van der Waals surface area contributed by atoms with E-state index in [9.17, 15) is 13.2 Å². The summed E-state index contributed by atoms with van der Waals surface area (Å²) in [7, 11) is 0. The van der Waals surface area contributed by atoms with Crippen LogP contribution in [0.2, 0.25) is 0 Å². The first-order valence-corrected chi connectivity index (χ1v) is 9.18. The fraction of sp³-hybridized carbons (Fsp3) is 0.227. The smallest absolute Gasteiger partial charge is 0.487 e. The highest BCUT2D eigenvalue weighted by Crippen LogP contribution is 2.31. The molecule has 158 valence electrons. The molecule has 3 rings (SSSR count). The minimum absolute atomic E-state index is 0.235. The normalized spacial score (nSPS) is 11.4. The SMILES string of the molecule is Cc1ccc(COc2cc(N)c(N)c(Cc3ccc(OC(F)(F)F)c(C)c3)c2)nc1. The molecular weight excluding hydrogens is 395 g/mol. The number of alkyl halides is 3. The molecule has 0 bridgehead atoms. The number of anilines is 2. The summed E-state index contributed by atoms with van der Waals surface area (Å²) < 4.78 is 47.2.